The van der Waals surface area contributed by atoms with Crippen LogP contribution in [0.1, 0.15) is 36.0 Å². The highest BCUT2D eigenvalue weighted by molar-refractivity contribution is 5.99. The van der Waals surface area contributed by atoms with Crippen molar-refractivity contribution in [2.75, 3.05) is 12.3 Å². The molecule has 3 N–H and O–H groups in total. The summed E-state index contributed by atoms with van der Waals surface area (Å²) in [6.45, 7) is 0.638. The lowest BCUT2D eigenvalue weighted by Gasteiger charge is -2.25. The van der Waals surface area contributed by atoms with Crippen molar-refractivity contribution >= 4 is 11.6 Å². The fourth-order valence-corrected chi connectivity index (χ4v) is 2.00. The predicted molar refractivity (Wildman–Crippen MR) is 65.1 cm³/mol. The average molecular weight is 236 g/mol. The molecule has 0 saturated heterocycles. The second-order valence-electron chi connectivity index (χ2n) is 4.54. The molecule has 1 fully saturated rings. The summed E-state index contributed by atoms with van der Waals surface area (Å²) < 4.78 is 13.1. The van der Waals surface area contributed by atoms with E-state index in [1.54, 1.807) is 0 Å². The Balaban J connectivity index is 1.87. The Morgan fingerprint density at radius 1 is 1.47 bits per heavy atom. The first-order chi connectivity index (χ1) is 8.18. The standard InChI is InChI=1S/C13H17FN2O/c14-11-6-2-5-10(12(11)15)13(17)16-8-7-9-3-1-4-9/h2,5-6,9H,1,3-4,7-8,15H2,(H,16,17). The lowest BCUT2D eigenvalue weighted by molar-refractivity contribution is 0.0949. The normalized spacial score (nSPS) is 15.4. The topological polar surface area (TPSA) is 55.1 Å². The monoisotopic (exact) mass is 236 g/mol. The molecule has 0 atom stereocenters. The van der Waals surface area contributed by atoms with E-state index in [9.17, 15) is 9.18 Å². The van der Waals surface area contributed by atoms with Gasteiger partial charge in [0.15, 0.2) is 0 Å². The molecule has 0 aliphatic heterocycles. The SMILES string of the molecule is Nc1c(F)cccc1C(=O)NCCC1CCC1. The lowest BCUT2D eigenvalue weighted by Crippen LogP contribution is -2.28. The fraction of sp³-hybridized carbons (Fsp3) is 0.462. The summed E-state index contributed by atoms with van der Waals surface area (Å²) in [5.74, 6) is -0.0851. The van der Waals surface area contributed by atoms with Crippen molar-refractivity contribution in [2.24, 2.45) is 5.92 Å². The van der Waals surface area contributed by atoms with Crippen LogP contribution in [0.2, 0.25) is 0 Å². The smallest absolute Gasteiger partial charge is 0.253 e. The Labute approximate surface area is 100 Å². The number of halogens is 1. The number of carbonyl (C=O) groups excluding carboxylic acids is 1. The summed E-state index contributed by atoms with van der Waals surface area (Å²) >= 11 is 0. The Kier molecular flexibility index (Phi) is 3.61. The maximum atomic E-state index is 13.1. The molecule has 3 nitrogen and oxygen atoms in total. The van der Waals surface area contributed by atoms with E-state index in [4.69, 9.17) is 5.73 Å². The number of nitrogens with two attached hydrogens (primary N) is 1. The van der Waals surface area contributed by atoms with Crippen LogP contribution in [-0.4, -0.2) is 12.5 Å². The molecule has 0 bridgehead atoms. The van der Waals surface area contributed by atoms with Crippen LogP contribution >= 0.6 is 0 Å². The van der Waals surface area contributed by atoms with Crippen LogP contribution in [0.25, 0.3) is 0 Å². The minimum atomic E-state index is -0.545. The number of carbonyl (C=O) groups is 1. The van der Waals surface area contributed by atoms with Gasteiger partial charge in [-0.25, -0.2) is 4.39 Å². The van der Waals surface area contributed by atoms with Crippen molar-refractivity contribution < 1.29 is 9.18 Å². The van der Waals surface area contributed by atoms with Gasteiger partial charge in [-0.15, -0.1) is 0 Å². The molecule has 1 amide bonds. The molecular weight excluding hydrogens is 219 g/mol. The first-order valence-corrected chi connectivity index (χ1v) is 6.00. The highest BCUT2D eigenvalue weighted by Gasteiger charge is 2.17. The largest absolute Gasteiger partial charge is 0.396 e. The van der Waals surface area contributed by atoms with Gasteiger partial charge in [-0.1, -0.05) is 25.3 Å². The van der Waals surface area contributed by atoms with E-state index >= 15 is 0 Å². The molecule has 92 valence electrons. The van der Waals surface area contributed by atoms with Gasteiger partial charge in [0.25, 0.3) is 5.91 Å². The summed E-state index contributed by atoms with van der Waals surface area (Å²) in [6.07, 6.45) is 4.83. The third-order valence-corrected chi connectivity index (χ3v) is 3.36. The Bertz CT molecular complexity index is 416. The highest BCUT2D eigenvalue weighted by Crippen LogP contribution is 2.28. The van der Waals surface area contributed by atoms with E-state index in [0.717, 1.165) is 12.3 Å². The number of anilines is 1. The second kappa shape index (κ2) is 5.17. The third kappa shape index (κ3) is 2.75. The van der Waals surface area contributed by atoms with Gasteiger partial charge in [0, 0.05) is 6.54 Å². The lowest BCUT2D eigenvalue weighted by atomic mass is 9.83. The van der Waals surface area contributed by atoms with Crippen molar-refractivity contribution in [2.45, 2.75) is 25.7 Å². The number of para-hydroxylation sites is 1. The van der Waals surface area contributed by atoms with Gasteiger partial charge < -0.3 is 11.1 Å². The average Bonchev–Trinajstić information content (AvgIpc) is 2.25. The molecule has 0 aromatic heterocycles. The molecule has 0 spiro atoms. The van der Waals surface area contributed by atoms with Gasteiger partial charge in [0.2, 0.25) is 0 Å². The molecule has 0 heterocycles. The van der Waals surface area contributed by atoms with Crippen LogP contribution in [0.3, 0.4) is 0 Å². The van der Waals surface area contributed by atoms with Crippen LogP contribution < -0.4 is 11.1 Å². The van der Waals surface area contributed by atoms with Crippen molar-refractivity contribution in [3.05, 3.63) is 29.6 Å². The number of hydrogen-bond donors (Lipinski definition) is 2. The molecule has 2 rings (SSSR count). The first-order valence-electron chi connectivity index (χ1n) is 6.00. The van der Waals surface area contributed by atoms with E-state index in [0.29, 0.717) is 6.54 Å². The van der Waals surface area contributed by atoms with Crippen LogP contribution in [0, 0.1) is 11.7 Å². The number of amides is 1. The summed E-state index contributed by atoms with van der Waals surface area (Å²) in [4.78, 5) is 11.7. The summed E-state index contributed by atoms with van der Waals surface area (Å²) in [6, 6.07) is 4.28. The zero-order valence-corrected chi connectivity index (χ0v) is 9.71. The van der Waals surface area contributed by atoms with Crippen LogP contribution in [0.4, 0.5) is 10.1 Å². The van der Waals surface area contributed by atoms with Crippen molar-refractivity contribution in [3.8, 4) is 0 Å². The van der Waals surface area contributed by atoms with Crippen molar-refractivity contribution in [1.82, 2.24) is 5.32 Å². The molecule has 0 unspecified atom stereocenters. The van der Waals surface area contributed by atoms with E-state index in [1.165, 1.54) is 37.5 Å². The molecular formula is C13H17FN2O. The fourth-order valence-electron chi connectivity index (χ4n) is 2.00. The Hall–Kier alpha value is -1.58. The number of rotatable bonds is 4. The van der Waals surface area contributed by atoms with Gasteiger partial charge in [0.1, 0.15) is 5.82 Å². The summed E-state index contributed by atoms with van der Waals surface area (Å²) in [5.41, 5.74) is 5.66. The van der Waals surface area contributed by atoms with E-state index in [-0.39, 0.29) is 17.2 Å². The first kappa shape index (κ1) is 11.9. The Morgan fingerprint density at radius 2 is 2.24 bits per heavy atom. The molecule has 17 heavy (non-hydrogen) atoms. The van der Waals surface area contributed by atoms with Crippen LogP contribution in [0.5, 0.6) is 0 Å². The number of benzene rings is 1. The van der Waals surface area contributed by atoms with Gasteiger partial charge >= 0.3 is 0 Å². The van der Waals surface area contributed by atoms with E-state index < -0.39 is 5.82 Å². The third-order valence-electron chi connectivity index (χ3n) is 3.36. The maximum absolute atomic E-state index is 13.1. The maximum Gasteiger partial charge on any atom is 0.253 e. The van der Waals surface area contributed by atoms with Crippen molar-refractivity contribution in [3.63, 3.8) is 0 Å². The molecule has 1 aliphatic carbocycles. The van der Waals surface area contributed by atoms with Gasteiger partial charge in [-0.05, 0) is 24.5 Å². The number of hydrogen-bond acceptors (Lipinski definition) is 2. The molecule has 0 radical (unpaired) electrons. The minimum absolute atomic E-state index is 0.0753. The summed E-state index contributed by atoms with van der Waals surface area (Å²) in [7, 11) is 0. The summed E-state index contributed by atoms with van der Waals surface area (Å²) in [5, 5.41) is 2.78. The zero-order valence-electron chi connectivity index (χ0n) is 9.71. The predicted octanol–water partition coefficient (Wildman–Crippen LogP) is 2.33. The van der Waals surface area contributed by atoms with Crippen molar-refractivity contribution in [1.29, 1.82) is 0 Å². The van der Waals surface area contributed by atoms with E-state index in [1.807, 2.05) is 0 Å². The van der Waals surface area contributed by atoms with E-state index in [2.05, 4.69) is 5.32 Å². The molecule has 1 saturated carbocycles. The highest BCUT2D eigenvalue weighted by atomic mass is 19.1. The minimum Gasteiger partial charge on any atom is -0.396 e. The molecule has 1 aromatic rings. The van der Waals surface area contributed by atoms with Crippen LogP contribution in [0.15, 0.2) is 18.2 Å². The van der Waals surface area contributed by atoms with Gasteiger partial charge in [-0.3, -0.25) is 4.79 Å². The quantitative estimate of drug-likeness (QED) is 0.788. The Morgan fingerprint density at radius 3 is 2.88 bits per heavy atom. The number of nitrogens with one attached hydrogen (secondary N) is 1. The second-order valence-corrected chi connectivity index (χ2v) is 4.54. The van der Waals surface area contributed by atoms with Gasteiger partial charge in [-0.2, -0.15) is 0 Å². The van der Waals surface area contributed by atoms with Gasteiger partial charge in [0.05, 0.1) is 11.3 Å². The molecule has 4 heteroatoms. The molecule has 1 aliphatic rings. The number of nitrogen functional groups attached to an aromatic ring is 1. The zero-order chi connectivity index (χ0) is 12.3. The molecule has 1 aromatic carbocycles. The van der Waals surface area contributed by atoms with Crippen LogP contribution in [-0.2, 0) is 0 Å².